The van der Waals surface area contributed by atoms with Gasteiger partial charge in [0.25, 0.3) is 5.91 Å². The number of aromatic amines is 2. The van der Waals surface area contributed by atoms with E-state index in [0.29, 0.717) is 30.3 Å². The Balaban J connectivity index is 0.943. The van der Waals surface area contributed by atoms with Crippen molar-refractivity contribution < 1.29 is 28.7 Å². The van der Waals surface area contributed by atoms with Crippen LogP contribution in [0.1, 0.15) is 74.9 Å². The van der Waals surface area contributed by atoms with Gasteiger partial charge in [-0.3, -0.25) is 14.6 Å². The molecule has 2 aliphatic heterocycles. The Morgan fingerprint density at radius 3 is 2.08 bits per heavy atom. The molecule has 2 aliphatic rings. The third-order valence-electron chi connectivity index (χ3n) is 11.6. The molecule has 0 unspecified atom stereocenters. The predicted octanol–water partition coefficient (Wildman–Crippen LogP) is 7.49. The number of nitrogens with zero attached hydrogens (tertiary/aromatic N) is 5. The maximum Gasteiger partial charge on any atom is 0.407 e. The molecule has 8 rings (SSSR count). The Morgan fingerprint density at radius 2 is 1.38 bits per heavy atom. The summed E-state index contributed by atoms with van der Waals surface area (Å²) in [5, 5.41) is 6.37. The molecule has 61 heavy (non-hydrogen) atoms. The first-order valence-electron chi connectivity index (χ1n) is 20.6. The fourth-order valence-corrected chi connectivity index (χ4v) is 8.37. The summed E-state index contributed by atoms with van der Waals surface area (Å²) in [5.41, 5.74) is 6.95. The van der Waals surface area contributed by atoms with Crippen molar-refractivity contribution in [2.45, 2.75) is 63.7 Å². The second-order valence-electron chi connectivity index (χ2n) is 15.8. The second kappa shape index (κ2) is 17.7. The SMILES string of the molecule is COC(=O)N[C@H](C(=O)N1CCC[C@H]1c1ncc(-c2ccc(-c3ccc4cc(-c5c[nH]c([C@@H]6CCCN6C(=O)[C@H](NC(=O)OC)c6ccccc6)n5)cnc4c3)cc2)[nH]1)C(C)C. The van der Waals surface area contributed by atoms with E-state index in [-0.39, 0.29) is 29.8 Å². The van der Waals surface area contributed by atoms with E-state index in [1.807, 2.05) is 68.7 Å². The Bertz CT molecular complexity index is 2540. The fourth-order valence-electron chi connectivity index (χ4n) is 8.37. The Hall–Kier alpha value is -7.03. The molecule has 4 N–H and O–H groups in total. The number of nitrogens with one attached hydrogen (secondary N) is 4. The molecule has 2 fully saturated rings. The zero-order chi connectivity index (χ0) is 42.6. The number of alkyl carbamates (subject to hydrolysis) is 2. The molecule has 0 bridgehead atoms. The molecule has 314 valence electrons. The number of benzene rings is 3. The molecule has 4 amide bonds. The number of methoxy groups -OCH3 is 2. The van der Waals surface area contributed by atoms with Crippen molar-refractivity contribution in [3.05, 3.63) is 115 Å². The van der Waals surface area contributed by atoms with Gasteiger partial charge in [-0.05, 0) is 66.0 Å². The molecule has 15 nitrogen and oxygen atoms in total. The minimum absolute atomic E-state index is 0.111. The number of pyridine rings is 1. The molecule has 0 spiro atoms. The van der Waals surface area contributed by atoms with E-state index in [4.69, 9.17) is 19.4 Å². The highest BCUT2D eigenvalue weighted by atomic mass is 16.5. The van der Waals surface area contributed by atoms with E-state index in [9.17, 15) is 19.2 Å². The molecule has 3 aromatic carbocycles. The molecule has 6 aromatic rings. The average Bonchev–Trinajstić information content (AvgIpc) is 4.14. The fraction of sp³-hybridized carbons (Fsp3) is 0.326. The van der Waals surface area contributed by atoms with E-state index in [0.717, 1.165) is 70.2 Å². The summed E-state index contributed by atoms with van der Waals surface area (Å²) in [6, 6.07) is 23.6. The lowest BCUT2D eigenvalue weighted by atomic mass is 10.0. The minimum Gasteiger partial charge on any atom is -0.453 e. The number of hydrogen-bond acceptors (Lipinski definition) is 9. The number of imidazole rings is 2. The molecule has 3 aromatic heterocycles. The van der Waals surface area contributed by atoms with Crippen molar-refractivity contribution in [1.29, 1.82) is 0 Å². The van der Waals surface area contributed by atoms with Gasteiger partial charge < -0.3 is 39.9 Å². The van der Waals surface area contributed by atoms with Gasteiger partial charge in [-0.1, -0.05) is 80.6 Å². The molecular formula is C46H49N9O6. The van der Waals surface area contributed by atoms with Crippen LogP contribution in [0.2, 0.25) is 0 Å². The van der Waals surface area contributed by atoms with Crippen molar-refractivity contribution in [1.82, 2.24) is 45.4 Å². The highest BCUT2D eigenvalue weighted by Crippen LogP contribution is 2.36. The third-order valence-corrected chi connectivity index (χ3v) is 11.6. The first kappa shape index (κ1) is 40.7. The number of ether oxygens (including phenoxy) is 2. The number of aromatic nitrogens is 5. The average molecular weight is 824 g/mol. The summed E-state index contributed by atoms with van der Waals surface area (Å²) in [5.74, 6) is 0.915. The van der Waals surface area contributed by atoms with Gasteiger partial charge in [0.05, 0.1) is 49.4 Å². The van der Waals surface area contributed by atoms with Gasteiger partial charge >= 0.3 is 12.2 Å². The summed E-state index contributed by atoms with van der Waals surface area (Å²) in [7, 11) is 2.57. The summed E-state index contributed by atoms with van der Waals surface area (Å²) in [6.45, 7) is 4.93. The van der Waals surface area contributed by atoms with Gasteiger partial charge in [-0.2, -0.15) is 0 Å². The zero-order valence-corrected chi connectivity index (χ0v) is 34.6. The van der Waals surface area contributed by atoms with E-state index in [2.05, 4.69) is 62.0 Å². The van der Waals surface area contributed by atoms with Gasteiger partial charge in [0.15, 0.2) is 0 Å². The molecule has 0 aliphatic carbocycles. The maximum atomic E-state index is 13.9. The van der Waals surface area contributed by atoms with E-state index < -0.39 is 24.3 Å². The van der Waals surface area contributed by atoms with E-state index >= 15 is 0 Å². The second-order valence-corrected chi connectivity index (χ2v) is 15.8. The number of carbonyl (C=O) groups excluding carboxylic acids is 4. The molecule has 0 saturated carbocycles. The number of amides is 4. The third kappa shape index (κ3) is 8.54. The summed E-state index contributed by atoms with van der Waals surface area (Å²) in [6.07, 6.45) is 7.31. The molecule has 5 heterocycles. The molecule has 15 heteroatoms. The lowest BCUT2D eigenvalue weighted by molar-refractivity contribution is -0.135. The molecular weight excluding hydrogens is 775 g/mol. The van der Waals surface area contributed by atoms with Gasteiger partial charge in [-0.25, -0.2) is 19.6 Å². The monoisotopic (exact) mass is 823 g/mol. The van der Waals surface area contributed by atoms with Crippen LogP contribution < -0.4 is 10.6 Å². The summed E-state index contributed by atoms with van der Waals surface area (Å²) < 4.78 is 9.59. The lowest BCUT2D eigenvalue weighted by Crippen LogP contribution is -2.51. The highest BCUT2D eigenvalue weighted by Gasteiger charge is 2.39. The Morgan fingerprint density at radius 1 is 0.721 bits per heavy atom. The van der Waals surface area contributed by atoms with Gasteiger partial charge in [0, 0.05) is 36.4 Å². The molecule has 2 saturated heterocycles. The van der Waals surface area contributed by atoms with Crippen LogP contribution in [0.3, 0.4) is 0 Å². The van der Waals surface area contributed by atoms with Crippen LogP contribution >= 0.6 is 0 Å². The number of carbonyl (C=O) groups is 4. The normalized spacial score (nSPS) is 17.3. The van der Waals surface area contributed by atoms with Crippen molar-refractivity contribution in [2.24, 2.45) is 5.92 Å². The van der Waals surface area contributed by atoms with Gasteiger partial charge in [0.2, 0.25) is 5.91 Å². The quantitative estimate of drug-likeness (QED) is 0.103. The zero-order valence-electron chi connectivity index (χ0n) is 34.6. The molecule has 4 atom stereocenters. The van der Waals surface area contributed by atoms with Crippen LogP contribution in [-0.4, -0.2) is 92.1 Å². The minimum atomic E-state index is -0.891. The van der Waals surface area contributed by atoms with Crippen molar-refractivity contribution in [3.63, 3.8) is 0 Å². The topological polar surface area (TPSA) is 188 Å². The van der Waals surface area contributed by atoms with E-state index in [1.165, 1.54) is 14.2 Å². The van der Waals surface area contributed by atoms with Crippen LogP contribution in [0.15, 0.2) is 97.5 Å². The smallest absolute Gasteiger partial charge is 0.407 e. The number of likely N-dealkylation sites (tertiary alicyclic amines) is 2. The van der Waals surface area contributed by atoms with Crippen LogP contribution in [0.5, 0.6) is 0 Å². The lowest BCUT2D eigenvalue weighted by Gasteiger charge is -2.30. The van der Waals surface area contributed by atoms with Crippen LogP contribution in [0.25, 0.3) is 44.5 Å². The molecule has 0 radical (unpaired) electrons. The first-order chi connectivity index (χ1) is 29.6. The first-order valence-corrected chi connectivity index (χ1v) is 20.6. The number of hydrogen-bond donors (Lipinski definition) is 4. The number of H-pyrrole nitrogens is 2. The Labute approximate surface area is 353 Å². The van der Waals surface area contributed by atoms with Crippen LogP contribution in [-0.2, 0) is 19.1 Å². The summed E-state index contributed by atoms with van der Waals surface area (Å²) >= 11 is 0. The van der Waals surface area contributed by atoms with Crippen molar-refractivity contribution in [2.75, 3.05) is 27.3 Å². The van der Waals surface area contributed by atoms with Crippen LogP contribution in [0, 0.1) is 5.92 Å². The largest absolute Gasteiger partial charge is 0.453 e. The van der Waals surface area contributed by atoms with Crippen molar-refractivity contribution >= 4 is 34.9 Å². The van der Waals surface area contributed by atoms with E-state index in [1.54, 1.807) is 16.0 Å². The highest BCUT2D eigenvalue weighted by molar-refractivity contribution is 5.89. The summed E-state index contributed by atoms with van der Waals surface area (Å²) in [4.78, 5) is 76.5. The number of rotatable bonds is 11. The van der Waals surface area contributed by atoms with Crippen LogP contribution in [0.4, 0.5) is 9.59 Å². The predicted molar refractivity (Wildman–Crippen MR) is 229 cm³/mol. The van der Waals surface area contributed by atoms with Gasteiger partial charge in [-0.15, -0.1) is 0 Å². The standard InChI is InChI=1S/C46H49N9O6/c1-27(2)39(52-45(58)60-3)43(56)54-20-8-12-37(54)41-48-25-35(50-41)29-16-14-28(15-17-29)31-18-19-32-22-33(24-47-34(32)23-31)36-26-49-42(51-36)38-13-9-21-55(38)44(57)40(53-46(59)61-4)30-10-6-5-7-11-30/h5-7,10-11,14-19,22-27,37-40H,8-9,12-13,20-21H2,1-4H3,(H,48,50)(H,49,51)(H,52,58)(H,53,59)/t37-,38-,39-,40+/m0/s1. The van der Waals surface area contributed by atoms with Gasteiger partial charge in [0.1, 0.15) is 23.7 Å². The Kier molecular flexibility index (Phi) is 11.8. The van der Waals surface area contributed by atoms with Crippen molar-refractivity contribution in [3.8, 4) is 33.6 Å². The maximum absolute atomic E-state index is 13.9. The number of fused-ring (bicyclic) bond motifs is 1.